The second kappa shape index (κ2) is 5.62. The van der Waals surface area contributed by atoms with E-state index in [1.807, 2.05) is 11.3 Å². The molecule has 26 heavy (non-hydrogen) atoms. The van der Waals surface area contributed by atoms with Crippen LogP contribution in [0.5, 0.6) is 0 Å². The summed E-state index contributed by atoms with van der Waals surface area (Å²) < 4.78 is 5.12. The highest BCUT2D eigenvalue weighted by molar-refractivity contribution is 7.22. The summed E-state index contributed by atoms with van der Waals surface area (Å²) in [7, 11) is 0. The Labute approximate surface area is 164 Å². The first-order chi connectivity index (χ1) is 12.8. The molecule has 3 aromatic rings. The number of hydrogen-bond acceptors (Lipinski definition) is 1. The molecule has 134 valence electrons. The van der Waals surface area contributed by atoms with Crippen LogP contribution < -0.4 is 0 Å². The van der Waals surface area contributed by atoms with Crippen molar-refractivity contribution in [3.63, 3.8) is 0 Å². The summed E-state index contributed by atoms with van der Waals surface area (Å²) in [6, 6.07) is 13.1. The molecule has 5 unspecified atom stereocenters. The lowest BCUT2D eigenvalue weighted by atomic mass is 9.55. The Hall–Kier alpha value is -1.25. The molecule has 0 spiro atoms. The first-order valence-corrected chi connectivity index (χ1v) is 11.3. The van der Waals surface area contributed by atoms with Crippen molar-refractivity contribution in [2.24, 2.45) is 17.8 Å². The van der Waals surface area contributed by atoms with Crippen LogP contribution in [0.2, 0.25) is 4.34 Å². The van der Waals surface area contributed by atoms with E-state index in [9.17, 15) is 0 Å². The first kappa shape index (κ1) is 15.8. The van der Waals surface area contributed by atoms with E-state index in [4.69, 9.17) is 11.6 Å². The van der Waals surface area contributed by atoms with Gasteiger partial charge in [0.05, 0.1) is 14.6 Å². The smallest absolute Gasteiger partial charge is 0.0956 e. The second-order valence-electron chi connectivity index (χ2n) is 8.54. The SMILES string of the molecule is CCC1CC2c3c(c4sc(Cl)cc4n3CCc3ccccc3)C3CC2C13. The Kier molecular flexibility index (Phi) is 3.41. The molecule has 2 fully saturated rings. The molecule has 0 aliphatic heterocycles. The topological polar surface area (TPSA) is 4.93 Å². The summed E-state index contributed by atoms with van der Waals surface area (Å²) in [5, 5.41) is 0. The van der Waals surface area contributed by atoms with Crippen LogP contribution in [-0.2, 0) is 13.0 Å². The van der Waals surface area contributed by atoms with Crippen molar-refractivity contribution >= 4 is 33.2 Å². The Morgan fingerprint density at radius 1 is 1.15 bits per heavy atom. The van der Waals surface area contributed by atoms with Gasteiger partial charge in [0.2, 0.25) is 0 Å². The number of hydrogen-bond donors (Lipinski definition) is 0. The number of benzene rings is 1. The van der Waals surface area contributed by atoms with Gasteiger partial charge >= 0.3 is 0 Å². The number of fused-ring (bicyclic) bond motifs is 5. The van der Waals surface area contributed by atoms with E-state index < -0.39 is 0 Å². The van der Waals surface area contributed by atoms with Crippen molar-refractivity contribution in [2.45, 2.75) is 51.0 Å². The number of nitrogens with zero attached hydrogens (tertiary/aromatic N) is 1. The number of aromatic nitrogens is 1. The summed E-state index contributed by atoms with van der Waals surface area (Å²) in [6.45, 7) is 3.48. The number of aryl methyl sites for hydroxylation is 2. The third kappa shape index (κ3) is 1.98. The van der Waals surface area contributed by atoms with Gasteiger partial charge < -0.3 is 4.57 Å². The fourth-order valence-corrected chi connectivity index (χ4v) is 7.90. The van der Waals surface area contributed by atoms with Gasteiger partial charge in [-0.3, -0.25) is 0 Å². The molecular weight excluding hydrogens is 358 g/mol. The van der Waals surface area contributed by atoms with Crippen LogP contribution in [0, 0.1) is 17.8 Å². The van der Waals surface area contributed by atoms with Gasteiger partial charge in [0.1, 0.15) is 0 Å². The zero-order valence-electron chi connectivity index (χ0n) is 15.1. The third-order valence-corrected chi connectivity index (χ3v) is 8.89. The van der Waals surface area contributed by atoms with Crippen molar-refractivity contribution in [1.82, 2.24) is 4.57 Å². The molecule has 3 aliphatic carbocycles. The van der Waals surface area contributed by atoms with Crippen molar-refractivity contribution in [3.8, 4) is 0 Å². The minimum absolute atomic E-state index is 0.805. The average molecular weight is 382 g/mol. The summed E-state index contributed by atoms with van der Waals surface area (Å²) in [5.41, 5.74) is 6.25. The molecule has 4 bridgehead atoms. The standard InChI is InChI=1S/C23H24ClNS/c1-2-14-10-16-15-11-17(20(14)15)21-22(16)25(18-12-19(24)26-23(18)21)9-8-13-6-4-3-5-7-13/h3-7,12,14-17,20H,2,8-11H2,1H3. The van der Waals surface area contributed by atoms with E-state index in [1.165, 1.54) is 35.0 Å². The highest BCUT2D eigenvalue weighted by Crippen LogP contribution is 2.71. The molecule has 0 radical (unpaired) electrons. The van der Waals surface area contributed by atoms with E-state index in [0.29, 0.717) is 0 Å². The maximum absolute atomic E-state index is 6.47. The van der Waals surface area contributed by atoms with Crippen LogP contribution in [0.15, 0.2) is 36.4 Å². The molecule has 2 aromatic heterocycles. The molecule has 0 saturated heterocycles. The molecule has 2 heterocycles. The van der Waals surface area contributed by atoms with Crippen molar-refractivity contribution < 1.29 is 0 Å². The lowest BCUT2D eigenvalue weighted by Gasteiger charge is -2.50. The van der Waals surface area contributed by atoms with Gasteiger partial charge in [-0.05, 0) is 60.1 Å². The van der Waals surface area contributed by atoms with Crippen LogP contribution in [0.4, 0.5) is 0 Å². The average Bonchev–Trinajstić information content (AvgIpc) is 3.22. The van der Waals surface area contributed by atoms with Gasteiger partial charge in [-0.15, -0.1) is 11.3 Å². The number of halogens is 1. The molecule has 1 aromatic carbocycles. The normalized spacial score (nSPS) is 31.2. The lowest BCUT2D eigenvalue weighted by molar-refractivity contribution is 0.101. The first-order valence-electron chi connectivity index (χ1n) is 10.1. The van der Waals surface area contributed by atoms with E-state index in [2.05, 4.69) is 47.9 Å². The van der Waals surface area contributed by atoms with Crippen LogP contribution in [0.3, 0.4) is 0 Å². The summed E-state index contributed by atoms with van der Waals surface area (Å²) in [6.07, 6.45) is 5.32. The molecular formula is C23H24ClNS. The number of rotatable bonds is 4. The van der Waals surface area contributed by atoms with Gasteiger partial charge in [-0.2, -0.15) is 0 Å². The molecule has 0 N–H and O–H groups in total. The van der Waals surface area contributed by atoms with E-state index >= 15 is 0 Å². The van der Waals surface area contributed by atoms with Crippen LogP contribution in [0.1, 0.15) is 54.8 Å². The molecule has 5 atom stereocenters. The monoisotopic (exact) mass is 381 g/mol. The minimum Gasteiger partial charge on any atom is -0.343 e. The zero-order valence-corrected chi connectivity index (χ0v) is 16.7. The summed E-state index contributed by atoms with van der Waals surface area (Å²) >= 11 is 8.29. The Morgan fingerprint density at radius 2 is 2.00 bits per heavy atom. The predicted octanol–water partition coefficient (Wildman–Crippen LogP) is 6.85. The molecule has 1 nitrogen and oxygen atoms in total. The van der Waals surface area contributed by atoms with Crippen LogP contribution in [-0.4, -0.2) is 4.57 Å². The fourth-order valence-electron chi connectivity index (χ4n) is 6.56. The molecule has 2 saturated carbocycles. The maximum atomic E-state index is 6.47. The van der Waals surface area contributed by atoms with Gasteiger partial charge in [0, 0.05) is 18.2 Å². The summed E-state index contributed by atoms with van der Waals surface area (Å²) in [4.78, 5) is 0. The molecule has 0 amide bonds. The molecule has 3 heteroatoms. The van der Waals surface area contributed by atoms with Gasteiger partial charge in [0.25, 0.3) is 0 Å². The lowest BCUT2D eigenvalue weighted by Crippen LogP contribution is -2.40. The fraction of sp³-hybridized carbons (Fsp3) is 0.478. The maximum Gasteiger partial charge on any atom is 0.0956 e. The van der Waals surface area contributed by atoms with Gasteiger partial charge in [0.15, 0.2) is 0 Å². The largest absolute Gasteiger partial charge is 0.343 e. The van der Waals surface area contributed by atoms with E-state index in [0.717, 1.165) is 46.9 Å². The van der Waals surface area contributed by atoms with Gasteiger partial charge in [-0.1, -0.05) is 55.3 Å². The molecule has 3 aliphatic rings. The zero-order chi connectivity index (χ0) is 17.4. The Bertz CT molecular complexity index is 985. The van der Waals surface area contributed by atoms with Crippen molar-refractivity contribution in [3.05, 3.63) is 57.6 Å². The van der Waals surface area contributed by atoms with Gasteiger partial charge in [-0.25, -0.2) is 0 Å². The van der Waals surface area contributed by atoms with Crippen molar-refractivity contribution in [1.29, 1.82) is 0 Å². The quantitative estimate of drug-likeness (QED) is 0.466. The van der Waals surface area contributed by atoms with Crippen LogP contribution >= 0.6 is 22.9 Å². The summed E-state index contributed by atoms with van der Waals surface area (Å²) in [5.74, 6) is 4.50. The Balaban J connectivity index is 1.47. The van der Waals surface area contributed by atoms with E-state index in [1.54, 1.807) is 11.3 Å². The highest BCUT2D eigenvalue weighted by atomic mass is 35.5. The number of thiophene rings is 1. The van der Waals surface area contributed by atoms with Crippen molar-refractivity contribution in [2.75, 3.05) is 0 Å². The predicted molar refractivity (Wildman–Crippen MR) is 110 cm³/mol. The Morgan fingerprint density at radius 3 is 2.81 bits per heavy atom. The molecule has 6 rings (SSSR count). The van der Waals surface area contributed by atoms with Crippen LogP contribution in [0.25, 0.3) is 10.2 Å². The third-order valence-electron chi connectivity index (χ3n) is 7.60. The minimum atomic E-state index is 0.805. The highest BCUT2D eigenvalue weighted by Gasteiger charge is 2.60. The van der Waals surface area contributed by atoms with E-state index in [-0.39, 0.29) is 0 Å². The second-order valence-corrected chi connectivity index (χ2v) is 10.2.